The number of rotatable bonds is 6. The van der Waals surface area contributed by atoms with E-state index in [4.69, 9.17) is 0 Å². The Kier molecular flexibility index (Phi) is 6.80. The third kappa shape index (κ3) is 4.92. The molecule has 0 bridgehead atoms. The highest BCUT2D eigenvalue weighted by atomic mass is 19.4. The molecule has 1 heterocycles. The number of alkyl halides is 4. The van der Waals surface area contributed by atoms with E-state index in [2.05, 4.69) is 10.1 Å². The number of esters is 1. The number of hydrogen-bond acceptors (Lipinski definition) is 5. The summed E-state index contributed by atoms with van der Waals surface area (Å²) >= 11 is 0. The number of imide groups is 1. The van der Waals surface area contributed by atoms with E-state index in [1.54, 1.807) is 0 Å². The van der Waals surface area contributed by atoms with Crippen molar-refractivity contribution in [3.8, 4) is 0 Å². The lowest BCUT2D eigenvalue weighted by Crippen LogP contribution is -2.49. The second-order valence-corrected chi connectivity index (χ2v) is 8.05. The third-order valence-electron chi connectivity index (χ3n) is 5.76. The van der Waals surface area contributed by atoms with Gasteiger partial charge >= 0.3 is 12.1 Å². The molecule has 7 nitrogen and oxygen atoms in total. The van der Waals surface area contributed by atoms with Crippen LogP contribution in [0.4, 0.5) is 23.2 Å². The van der Waals surface area contributed by atoms with Gasteiger partial charge in [0.25, 0.3) is 17.7 Å². The lowest BCUT2D eigenvalue weighted by molar-refractivity contribution is -0.137. The minimum atomic E-state index is -4.61. The Morgan fingerprint density at radius 2 is 1.49 bits per heavy atom. The first-order valence-electron chi connectivity index (χ1n) is 10.8. The summed E-state index contributed by atoms with van der Waals surface area (Å²) in [5, 5.41) is 2.28. The summed E-state index contributed by atoms with van der Waals surface area (Å²) in [6.45, 7) is 0. The van der Waals surface area contributed by atoms with Crippen LogP contribution < -0.4 is 5.32 Å². The van der Waals surface area contributed by atoms with Crippen molar-refractivity contribution in [2.45, 2.75) is 18.4 Å². The smallest absolute Gasteiger partial charge is 0.416 e. The topological polar surface area (TPSA) is 92.8 Å². The molecule has 4 rings (SSSR count). The lowest BCUT2D eigenvalue weighted by atomic mass is 9.99. The van der Waals surface area contributed by atoms with Crippen LogP contribution in [0.15, 0.2) is 72.8 Å². The number of halogens is 4. The molecule has 37 heavy (non-hydrogen) atoms. The van der Waals surface area contributed by atoms with Gasteiger partial charge in [0, 0.05) is 5.69 Å². The Morgan fingerprint density at radius 3 is 2.03 bits per heavy atom. The molecule has 190 valence electrons. The molecule has 0 fully saturated rings. The summed E-state index contributed by atoms with van der Waals surface area (Å²) < 4.78 is 59.3. The van der Waals surface area contributed by atoms with E-state index in [-0.39, 0.29) is 27.9 Å². The Bertz CT molecular complexity index is 1350. The fourth-order valence-corrected chi connectivity index (χ4v) is 3.94. The van der Waals surface area contributed by atoms with Gasteiger partial charge in [0.05, 0.1) is 29.4 Å². The van der Waals surface area contributed by atoms with Gasteiger partial charge in [0.15, 0.2) is 12.2 Å². The number of nitrogens with zero attached hydrogens (tertiary/aromatic N) is 1. The van der Waals surface area contributed by atoms with Crippen LogP contribution in [0.25, 0.3) is 0 Å². The van der Waals surface area contributed by atoms with Crippen LogP contribution >= 0.6 is 0 Å². The minimum Gasteiger partial charge on any atom is -0.465 e. The maximum absolute atomic E-state index is 16.0. The molecule has 0 spiro atoms. The van der Waals surface area contributed by atoms with Crippen LogP contribution in [0.5, 0.6) is 0 Å². The first-order valence-corrected chi connectivity index (χ1v) is 10.8. The predicted octanol–water partition coefficient (Wildman–Crippen LogP) is 4.81. The fraction of sp³-hybridized carbons (Fsp3) is 0.154. The van der Waals surface area contributed by atoms with Crippen molar-refractivity contribution in [2.24, 2.45) is 0 Å². The molecule has 1 aliphatic rings. The van der Waals surface area contributed by atoms with Crippen molar-refractivity contribution in [3.05, 3.63) is 101 Å². The van der Waals surface area contributed by atoms with Gasteiger partial charge in [-0.2, -0.15) is 13.2 Å². The molecular weight excluding hydrogens is 496 g/mol. The summed E-state index contributed by atoms with van der Waals surface area (Å²) in [5.74, 6) is -3.77. The van der Waals surface area contributed by atoms with Gasteiger partial charge in [-0.05, 0) is 54.1 Å². The fourth-order valence-electron chi connectivity index (χ4n) is 3.94. The van der Waals surface area contributed by atoms with Gasteiger partial charge in [-0.15, -0.1) is 0 Å². The van der Waals surface area contributed by atoms with Gasteiger partial charge in [-0.3, -0.25) is 19.3 Å². The normalized spacial score (nSPS) is 14.7. The average Bonchev–Trinajstić information content (AvgIpc) is 3.13. The van der Waals surface area contributed by atoms with Gasteiger partial charge < -0.3 is 10.1 Å². The number of amides is 3. The molecular formula is C26H18F4N2O5. The van der Waals surface area contributed by atoms with E-state index in [9.17, 15) is 32.3 Å². The Hall–Kier alpha value is -4.54. The van der Waals surface area contributed by atoms with Crippen LogP contribution in [0.2, 0.25) is 0 Å². The van der Waals surface area contributed by atoms with E-state index in [0.29, 0.717) is 4.90 Å². The zero-order valence-corrected chi connectivity index (χ0v) is 19.1. The zero-order chi connectivity index (χ0) is 26.9. The number of anilines is 1. The predicted molar refractivity (Wildman–Crippen MR) is 122 cm³/mol. The number of benzene rings is 3. The summed E-state index contributed by atoms with van der Waals surface area (Å²) in [6.07, 6.45) is -6.92. The first-order chi connectivity index (χ1) is 17.5. The molecule has 1 aliphatic heterocycles. The number of ether oxygens (including phenoxy) is 1. The number of carbonyl (C=O) groups excluding carboxylic acids is 4. The highest BCUT2D eigenvalue weighted by molar-refractivity contribution is 6.23. The summed E-state index contributed by atoms with van der Waals surface area (Å²) in [6, 6.07) is 12.1. The number of fused-ring (bicyclic) bond motifs is 1. The monoisotopic (exact) mass is 514 g/mol. The highest BCUT2D eigenvalue weighted by Crippen LogP contribution is 2.34. The quantitative estimate of drug-likeness (QED) is 0.290. The average molecular weight is 514 g/mol. The van der Waals surface area contributed by atoms with Crippen LogP contribution in [0.1, 0.15) is 48.4 Å². The number of methoxy groups -OCH3 is 1. The van der Waals surface area contributed by atoms with Gasteiger partial charge in [-0.1, -0.05) is 24.3 Å². The molecule has 1 N–H and O–H groups in total. The molecule has 0 aliphatic carbocycles. The second-order valence-electron chi connectivity index (χ2n) is 8.05. The Labute approximate surface area is 207 Å². The number of hydrogen-bond donors (Lipinski definition) is 1. The molecule has 0 aromatic heterocycles. The Balaban J connectivity index is 1.72. The molecule has 0 radical (unpaired) electrons. The molecule has 3 aromatic carbocycles. The molecule has 2 atom stereocenters. The summed E-state index contributed by atoms with van der Waals surface area (Å²) in [5.41, 5.74) is -1.38. The van der Waals surface area contributed by atoms with Crippen molar-refractivity contribution in [2.75, 3.05) is 12.4 Å². The van der Waals surface area contributed by atoms with Crippen molar-refractivity contribution >= 4 is 29.4 Å². The maximum Gasteiger partial charge on any atom is 0.416 e. The van der Waals surface area contributed by atoms with Crippen LogP contribution in [-0.2, 0) is 15.7 Å². The van der Waals surface area contributed by atoms with E-state index in [1.807, 2.05) is 0 Å². The highest BCUT2D eigenvalue weighted by Gasteiger charge is 2.47. The maximum atomic E-state index is 16.0. The van der Waals surface area contributed by atoms with Crippen LogP contribution in [0.3, 0.4) is 0 Å². The Morgan fingerprint density at radius 1 is 0.892 bits per heavy atom. The number of nitrogens with one attached hydrogen (secondary N) is 1. The standard InChI is InChI=1S/C26H18F4N2O5/c1-37-25(36)15-6-4-5-14(13-15)20(27)21(32-23(34)18-7-2-3-8-19(18)24(32)35)22(33)31-17-11-9-16(10-12-17)26(28,29)30/h2-13,20-21H,1H3,(H,31,33)/t20-,21-/m0/s1. The lowest BCUT2D eigenvalue weighted by Gasteiger charge is -2.28. The van der Waals surface area contributed by atoms with Crippen LogP contribution in [-0.4, -0.2) is 41.7 Å². The van der Waals surface area contributed by atoms with Gasteiger partial charge in [0.2, 0.25) is 0 Å². The number of carbonyl (C=O) groups is 4. The summed E-state index contributed by atoms with van der Waals surface area (Å²) in [4.78, 5) is 51.8. The minimum absolute atomic E-state index is 0.0321. The molecule has 3 aromatic rings. The van der Waals surface area contributed by atoms with E-state index < -0.39 is 47.6 Å². The molecule has 3 amide bonds. The van der Waals surface area contributed by atoms with E-state index in [1.165, 1.54) is 42.5 Å². The SMILES string of the molecule is COC(=O)c1cccc([C@H](F)[C@@H](C(=O)Nc2ccc(C(F)(F)F)cc2)N2C(=O)c3ccccc3C2=O)c1. The zero-order valence-electron chi connectivity index (χ0n) is 19.1. The van der Waals surface area contributed by atoms with Crippen molar-refractivity contribution in [1.29, 1.82) is 0 Å². The molecule has 0 unspecified atom stereocenters. The van der Waals surface area contributed by atoms with Crippen molar-refractivity contribution in [3.63, 3.8) is 0 Å². The third-order valence-corrected chi connectivity index (χ3v) is 5.76. The second kappa shape index (κ2) is 9.84. The van der Waals surface area contributed by atoms with E-state index in [0.717, 1.165) is 37.4 Å². The largest absolute Gasteiger partial charge is 0.465 e. The summed E-state index contributed by atoms with van der Waals surface area (Å²) in [7, 11) is 1.13. The van der Waals surface area contributed by atoms with Crippen LogP contribution in [0, 0.1) is 0 Å². The van der Waals surface area contributed by atoms with Gasteiger partial charge in [-0.25, -0.2) is 9.18 Å². The molecule has 11 heteroatoms. The molecule has 0 saturated carbocycles. The van der Waals surface area contributed by atoms with Crippen molar-refractivity contribution in [1.82, 2.24) is 4.90 Å². The van der Waals surface area contributed by atoms with Gasteiger partial charge in [0.1, 0.15) is 0 Å². The first kappa shape index (κ1) is 25.5. The van der Waals surface area contributed by atoms with E-state index >= 15 is 4.39 Å². The van der Waals surface area contributed by atoms with Crippen molar-refractivity contribution < 1.29 is 41.5 Å². The molecule has 0 saturated heterocycles.